The van der Waals surface area contributed by atoms with Gasteiger partial charge in [-0.15, -0.1) is 12.4 Å². The Balaban J connectivity index is 0.00000220. The number of likely N-dealkylation sites (tertiary alicyclic amines) is 1. The molecule has 1 saturated heterocycles. The van der Waals surface area contributed by atoms with E-state index in [1.165, 1.54) is 0 Å². The minimum absolute atomic E-state index is 0. The van der Waals surface area contributed by atoms with Crippen molar-refractivity contribution in [3.63, 3.8) is 0 Å². The molecule has 0 saturated carbocycles. The van der Waals surface area contributed by atoms with Crippen LogP contribution in [0.25, 0.3) is 0 Å². The molecule has 1 aliphatic heterocycles. The summed E-state index contributed by atoms with van der Waals surface area (Å²) in [4.78, 5) is 14.3. The zero-order valence-electron chi connectivity index (χ0n) is 12.5. The van der Waals surface area contributed by atoms with Gasteiger partial charge in [0.2, 0.25) is 0 Å². The lowest BCUT2D eigenvalue weighted by Crippen LogP contribution is -2.29. The van der Waals surface area contributed by atoms with Crippen molar-refractivity contribution < 1.29 is 14.3 Å². The van der Waals surface area contributed by atoms with E-state index in [9.17, 15) is 4.79 Å². The van der Waals surface area contributed by atoms with Gasteiger partial charge in [-0.3, -0.25) is 4.79 Å². The summed E-state index contributed by atoms with van der Waals surface area (Å²) in [6.07, 6.45) is 0.983. The fourth-order valence-corrected chi connectivity index (χ4v) is 2.47. The summed E-state index contributed by atoms with van der Waals surface area (Å²) in [5, 5.41) is 0. The first kappa shape index (κ1) is 17.6. The molecule has 21 heavy (non-hydrogen) atoms. The SMILES string of the molecule is CCOc1ccc(C(=O)N2CCC(CN)C2)cc1OC.Cl. The molecule has 0 aromatic heterocycles. The number of amides is 1. The number of benzene rings is 1. The van der Waals surface area contributed by atoms with Crippen molar-refractivity contribution in [3.8, 4) is 11.5 Å². The van der Waals surface area contributed by atoms with Gasteiger partial charge in [0.05, 0.1) is 13.7 Å². The Morgan fingerprint density at radius 3 is 2.76 bits per heavy atom. The van der Waals surface area contributed by atoms with E-state index in [0.29, 0.717) is 36.1 Å². The Kier molecular flexibility index (Phi) is 6.78. The van der Waals surface area contributed by atoms with Crippen LogP contribution in [0.4, 0.5) is 0 Å². The van der Waals surface area contributed by atoms with Gasteiger partial charge in [0.1, 0.15) is 0 Å². The minimum atomic E-state index is 0. The number of carbonyl (C=O) groups is 1. The van der Waals surface area contributed by atoms with Gasteiger partial charge in [0.15, 0.2) is 11.5 Å². The maximum Gasteiger partial charge on any atom is 0.254 e. The van der Waals surface area contributed by atoms with E-state index in [4.69, 9.17) is 15.2 Å². The van der Waals surface area contributed by atoms with Gasteiger partial charge < -0.3 is 20.1 Å². The van der Waals surface area contributed by atoms with Crippen LogP contribution in [0.5, 0.6) is 11.5 Å². The summed E-state index contributed by atoms with van der Waals surface area (Å²) in [5.74, 6) is 1.70. The molecule has 1 aliphatic rings. The Bertz CT molecular complexity index is 482. The predicted octanol–water partition coefficient (Wildman–Crippen LogP) is 1.94. The molecular weight excluding hydrogens is 292 g/mol. The number of ether oxygens (including phenoxy) is 2. The van der Waals surface area contributed by atoms with E-state index in [0.717, 1.165) is 19.5 Å². The van der Waals surface area contributed by atoms with Crippen molar-refractivity contribution in [2.24, 2.45) is 11.7 Å². The van der Waals surface area contributed by atoms with Crippen LogP contribution in [-0.4, -0.2) is 44.2 Å². The summed E-state index contributed by atoms with van der Waals surface area (Å²) in [7, 11) is 1.58. The molecule has 118 valence electrons. The first-order valence-corrected chi connectivity index (χ1v) is 6.99. The van der Waals surface area contributed by atoms with Crippen molar-refractivity contribution in [1.82, 2.24) is 4.90 Å². The monoisotopic (exact) mass is 314 g/mol. The highest BCUT2D eigenvalue weighted by Crippen LogP contribution is 2.29. The lowest BCUT2D eigenvalue weighted by atomic mass is 10.1. The van der Waals surface area contributed by atoms with Crippen LogP contribution in [0.1, 0.15) is 23.7 Å². The van der Waals surface area contributed by atoms with Crippen LogP contribution in [-0.2, 0) is 0 Å². The number of carbonyl (C=O) groups excluding carboxylic acids is 1. The largest absolute Gasteiger partial charge is 0.493 e. The summed E-state index contributed by atoms with van der Waals surface area (Å²) in [6, 6.07) is 5.31. The Morgan fingerprint density at radius 2 is 2.19 bits per heavy atom. The van der Waals surface area contributed by atoms with E-state index in [2.05, 4.69) is 0 Å². The number of hydrogen-bond acceptors (Lipinski definition) is 4. The topological polar surface area (TPSA) is 64.8 Å². The lowest BCUT2D eigenvalue weighted by Gasteiger charge is -2.17. The number of nitrogens with zero attached hydrogens (tertiary/aromatic N) is 1. The third-order valence-corrected chi connectivity index (χ3v) is 3.62. The zero-order valence-corrected chi connectivity index (χ0v) is 13.3. The molecule has 6 heteroatoms. The minimum Gasteiger partial charge on any atom is -0.493 e. The van der Waals surface area contributed by atoms with Gasteiger partial charge >= 0.3 is 0 Å². The van der Waals surface area contributed by atoms with Crippen LogP contribution >= 0.6 is 12.4 Å². The third-order valence-electron chi connectivity index (χ3n) is 3.62. The molecule has 2 N–H and O–H groups in total. The van der Waals surface area contributed by atoms with Crippen molar-refractivity contribution >= 4 is 18.3 Å². The molecule has 0 bridgehead atoms. The molecule has 5 nitrogen and oxygen atoms in total. The van der Waals surface area contributed by atoms with E-state index < -0.39 is 0 Å². The maximum absolute atomic E-state index is 12.4. The fourth-order valence-electron chi connectivity index (χ4n) is 2.47. The Morgan fingerprint density at radius 1 is 1.43 bits per heavy atom. The second kappa shape index (κ2) is 8.10. The molecule has 1 atom stereocenters. The third kappa shape index (κ3) is 4.02. The van der Waals surface area contributed by atoms with Crippen LogP contribution < -0.4 is 15.2 Å². The van der Waals surface area contributed by atoms with Gasteiger partial charge in [-0.05, 0) is 44.0 Å². The molecule has 1 aromatic rings. The first-order chi connectivity index (χ1) is 9.69. The highest BCUT2D eigenvalue weighted by molar-refractivity contribution is 5.95. The van der Waals surface area contributed by atoms with Crippen molar-refractivity contribution in [1.29, 1.82) is 0 Å². The molecule has 1 unspecified atom stereocenters. The smallest absolute Gasteiger partial charge is 0.254 e. The first-order valence-electron chi connectivity index (χ1n) is 6.99. The highest BCUT2D eigenvalue weighted by atomic mass is 35.5. The summed E-state index contributed by atoms with van der Waals surface area (Å²) >= 11 is 0. The normalized spacial score (nSPS) is 17.3. The van der Waals surface area contributed by atoms with E-state index in [-0.39, 0.29) is 18.3 Å². The molecule has 0 radical (unpaired) electrons. The summed E-state index contributed by atoms with van der Waals surface area (Å²) in [6.45, 7) is 4.63. The van der Waals surface area contributed by atoms with Crippen molar-refractivity contribution in [2.45, 2.75) is 13.3 Å². The lowest BCUT2D eigenvalue weighted by molar-refractivity contribution is 0.0787. The number of methoxy groups -OCH3 is 1. The van der Waals surface area contributed by atoms with E-state index in [1.54, 1.807) is 25.3 Å². The predicted molar refractivity (Wildman–Crippen MR) is 84.5 cm³/mol. The average molecular weight is 315 g/mol. The number of halogens is 1. The van der Waals surface area contributed by atoms with E-state index in [1.807, 2.05) is 11.8 Å². The number of rotatable bonds is 5. The van der Waals surface area contributed by atoms with Crippen LogP contribution in [0.15, 0.2) is 18.2 Å². The van der Waals surface area contributed by atoms with Gasteiger partial charge in [-0.2, -0.15) is 0 Å². The summed E-state index contributed by atoms with van der Waals surface area (Å²) in [5.41, 5.74) is 6.29. The standard InChI is InChI=1S/C15H22N2O3.ClH/c1-3-20-13-5-4-12(8-14(13)19-2)15(18)17-7-6-11(9-16)10-17;/h4-5,8,11H,3,6-7,9-10,16H2,1-2H3;1H. The Hall–Kier alpha value is -1.46. The van der Waals surface area contributed by atoms with Gasteiger partial charge in [0, 0.05) is 18.7 Å². The average Bonchev–Trinajstić information content (AvgIpc) is 2.96. The van der Waals surface area contributed by atoms with Crippen LogP contribution in [0.2, 0.25) is 0 Å². The van der Waals surface area contributed by atoms with Crippen LogP contribution in [0.3, 0.4) is 0 Å². The maximum atomic E-state index is 12.4. The molecule has 1 fully saturated rings. The molecule has 1 aromatic carbocycles. The van der Waals surface area contributed by atoms with Crippen LogP contribution in [0, 0.1) is 5.92 Å². The molecule has 0 spiro atoms. The van der Waals surface area contributed by atoms with Crippen molar-refractivity contribution in [3.05, 3.63) is 23.8 Å². The molecule has 1 heterocycles. The molecule has 2 rings (SSSR count). The highest BCUT2D eigenvalue weighted by Gasteiger charge is 2.26. The molecular formula is C15H23ClN2O3. The van der Waals surface area contributed by atoms with Gasteiger partial charge in [-0.1, -0.05) is 0 Å². The second-order valence-electron chi connectivity index (χ2n) is 4.94. The quantitative estimate of drug-likeness (QED) is 0.902. The van der Waals surface area contributed by atoms with Crippen molar-refractivity contribution in [2.75, 3.05) is 33.4 Å². The fraction of sp³-hybridized carbons (Fsp3) is 0.533. The van der Waals surface area contributed by atoms with Gasteiger partial charge in [-0.25, -0.2) is 0 Å². The zero-order chi connectivity index (χ0) is 14.5. The molecule has 1 amide bonds. The summed E-state index contributed by atoms with van der Waals surface area (Å²) < 4.78 is 10.7. The Labute approximate surface area is 131 Å². The van der Waals surface area contributed by atoms with Gasteiger partial charge in [0.25, 0.3) is 5.91 Å². The molecule has 0 aliphatic carbocycles. The van der Waals surface area contributed by atoms with E-state index >= 15 is 0 Å². The number of nitrogens with two attached hydrogens (primary N) is 1. The second-order valence-corrected chi connectivity index (χ2v) is 4.94. The number of hydrogen-bond donors (Lipinski definition) is 1.